The molecule has 0 atom stereocenters. The van der Waals surface area contributed by atoms with Crippen LogP contribution in [-0.2, 0) is 23.1 Å². The highest BCUT2D eigenvalue weighted by Gasteiger charge is 2.19. The second kappa shape index (κ2) is 6.94. The highest BCUT2D eigenvalue weighted by molar-refractivity contribution is 7.89. The van der Waals surface area contributed by atoms with E-state index in [0.717, 1.165) is 17.0 Å². The molecule has 20 heavy (non-hydrogen) atoms. The van der Waals surface area contributed by atoms with Crippen molar-refractivity contribution in [2.45, 2.75) is 24.9 Å². The van der Waals surface area contributed by atoms with E-state index in [4.69, 9.17) is 0 Å². The molecule has 0 fully saturated rings. The number of nitrogens with one attached hydrogen (secondary N) is 2. The summed E-state index contributed by atoms with van der Waals surface area (Å²) in [5, 5.41) is 4.95. The minimum atomic E-state index is -3.48. The van der Waals surface area contributed by atoms with Crippen LogP contribution in [0.3, 0.4) is 0 Å². The van der Waals surface area contributed by atoms with Crippen molar-refractivity contribution in [3.8, 4) is 0 Å². The van der Waals surface area contributed by atoms with Crippen molar-refractivity contribution < 1.29 is 8.42 Å². The van der Waals surface area contributed by atoms with Crippen molar-refractivity contribution in [2.75, 3.05) is 6.54 Å². The molecule has 2 heterocycles. The summed E-state index contributed by atoms with van der Waals surface area (Å²) in [6.45, 7) is 3.63. The summed E-state index contributed by atoms with van der Waals surface area (Å²) in [7, 11) is -3.48. The molecular weight excluding hydrogens is 294 g/mol. The third-order valence-electron chi connectivity index (χ3n) is 2.75. The maximum absolute atomic E-state index is 12.3. The Balaban J connectivity index is 2.08. The van der Waals surface area contributed by atoms with Crippen molar-refractivity contribution in [2.24, 2.45) is 0 Å². The highest BCUT2D eigenvalue weighted by Crippen LogP contribution is 2.21. The Kier molecular flexibility index (Phi) is 5.24. The number of pyridine rings is 1. The molecule has 0 radical (unpaired) electrons. The van der Waals surface area contributed by atoms with Crippen LogP contribution in [0, 0.1) is 0 Å². The van der Waals surface area contributed by atoms with E-state index in [1.54, 1.807) is 36.0 Å². The van der Waals surface area contributed by atoms with Gasteiger partial charge in [-0.3, -0.25) is 4.98 Å². The van der Waals surface area contributed by atoms with E-state index in [1.165, 1.54) is 11.3 Å². The van der Waals surface area contributed by atoms with Crippen LogP contribution in [0.15, 0.2) is 40.9 Å². The summed E-state index contributed by atoms with van der Waals surface area (Å²) >= 11 is 1.45. The molecule has 0 aromatic carbocycles. The van der Waals surface area contributed by atoms with Gasteiger partial charge in [-0.15, -0.1) is 11.3 Å². The second-order valence-corrected chi connectivity index (χ2v) is 6.90. The van der Waals surface area contributed by atoms with E-state index in [2.05, 4.69) is 15.0 Å². The Morgan fingerprint density at radius 3 is 2.65 bits per heavy atom. The lowest BCUT2D eigenvalue weighted by atomic mass is 10.3. The van der Waals surface area contributed by atoms with Crippen LogP contribution in [0.4, 0.5) is 0 Å². The first-order valence-electron chi connectivity index (χ1n) is 6.29. The molecule has 0 aliphatic carbocycles. The van der Waals surface area contributed by atoms with Gasteiger partial charge in [-0.2, -0.15) is 0 Å². The summed E-state index contributed by atoms with van der Waals surface area (Å²) in [5.41, 5.74) is 0.882. The fourth-order valence-electron chi connectivity index (χ4n) is 1.69. The van der Waals surface area contributed by atoms with Crippen LogP contribution in [0.25, 0.3) is 0 Å². The lowest BCUT2D eigenvalue weighted by molar-refractivity contribution is 0.579. The van der Waals surface area contributed by atoms with E-state index in [9.17, 15) is 8.42 Å². The van der Waals surface area contributed by atoms with Gasteiger partial charge in [-0.25, -0.2) is 13.1 Å². The molecule has 0 unspecified atom stereocenters. The van der Waals surface area contributed by atoms with Crippen molar-refractivity contribution in [1.82, 2.24) is 15.0 Å². The van der Waals surface area contributed by atoms with Crippen LogP contribution < -0.4 is 10.0 Å². The van der Waals surface area contributed by atoms with Crippen molar-refractivity contribution in [3.05, 3.63) is 46.4 Å². The maximum Gasteiger partial charge on any atom is 0.242 e. The molecular formula is C13H17N3O2S2. The SMILES string of the molecule is CCNCc1sccc1S(=O)(=O)NCc1ccncc1. The number of hydrogen-bond acceptors (Lipinski definition) is 5. The smallest absolute Gasteiger partial charge is 0.242 e. The molecule has 5 nitrogen and oxygen atoms in total. The minimum Gasteiger partial charge on any atom is -0.312 e. The first-order valence-corrected chi connectivity index (χ1v) is 8.65. The molecule has 0 aliphatic heterocycles. The Hall–Kier alpha value is -1.28. The third-order valence-corrected chi connectivity index (χ3v) is 5.28. The van der Waals surface area contributed by atoms with Crippen molar-refractivity contribution in [3.63, 3.8) is 0 Å². The number of sulfonamides is 1. The second-order valence-electron chi connectivity index (χ2n) is 4.17. The molecule has 108 valence electrons. The Labute approximate surface area is 123 Å². The predicted octanol–water partition coefficient (Wildman–Crippen LogP) is 1.73. The molecule has 0 spiro atoms. The topological polar surface area (TPSA) is 71.1 Å². The molecule has 2 aromatic rings. The molecule has 2 N–H and O–H groups in total. The average molecular weight is 311 g/mol. The maximum atomic E-state index is 12.3. The number of rotatable bonds is 7. The van der Waals surface area contributed by atoms with E-state index in [1.807, 2.05) is 6.92 Å². The summed E-state index contributed by atoms with van der Waals surface area (Å²) in [4.78, 5) is 5.09. The van der Waals surface area contributed by atoms with Gasteiger partial charge in [-0.1, -0.05) is 6.92 Å². The summed E-state index contributed by atoms with van der Waals surface area (Å²) < 4.78 is 27.2. The van der Waals surface area contributed by atoms with Crippen LogP contribution in [0.2, 0.25) is 0 Å². The Morgan fingerprint density at radius 1 is 1.20 bits per heavy atom. The first kappa shape index (κ1) is 15.1. The van der Waals surface area contributed by atoms with Gasteiger partial charge in [0.05, 0.1) is 4.90 Å². The number of nitrogens with zero attached hydrogens (tertiary/aromatic N) is 1. The quantitative estimate of drug-likeness (QED) is 0.817. The van der Waals surface area contributed by atoms with E-state index in [-0.39, 0.29) is 6.54 Å². The van der Waals surface area contributed by atoms with Gasteiger partial charge >= 0.3 is 0 Å². The third kappa shape index (κ3) is 3.86. The van der Waals surface area contributed by atoms with Gasteiger partial charge in [0.1, 0.15) is 0 Å². The Bertz CT molecular complexity index is 639. The van der Waals surface area contributed by atoms with Gasteiger partial charge < -0.3 is 5.32 Å². The van der Waals surface area contributed by atoms with E-state index in [0.29, 0.717) is 11.4 Å². The van der Waals surface area contributed by atoms with Gasteiger partial charge in [0.25, 0.3) is 0 Å². The zero-order chi connectivity index (χ0) is 14.4. The number of hydrogen-bond donors (Lipinski definition) is 2. The molecule has 0 saturated carbocycles. The lowest BCUT2D eigenvalue weighted by Crippen LogP contribution is -2.24. The van der Waals surface area contributed by atoms with Crippen LogP contribution in [0.1, 0.15) is 17.4 Å². The Morgan fingerprint density at radius 2 is 1.95 bits per heavy atom. The zero-order valence-electron chi connectivity index (χ0n) is 11.2. The first-order chi connectivity index (χ1) is 9.63. The van der Waals surface area contributed by atoms with Gasteiger partial charge in [0.15, 0.2) is 0 Å². The summed E-state index contributed by atoms with van der Waals surface area (Å²) in [5.74, 6) is 0. The minimum absolute atomic E-state index is 0.265. The van der Waals surface area contributed by atoms with Crippen molar-refractivity contribution in [1.29, 1.82) is 0 Å². The highest BCUT2D eigenvalue weighted by atomic mass is 32.2. The largest absolute Gasteiger partial charge is 0.312 e. The molecule has 0 bridgehead atoms. The average Bonchev–Trinajstić information content (AvgIpc) is 2.93. The molecule has 2 rings (SSSR count). The fraction of sp³-hybridized carbons (Fsp3) is 0.308. The van der Waals surface area contributed by atoms with E-state index >= 15 is 0 Å². The molecule has 0 amide bonds. The predicted molar refractivity (Wildman–Crippen MR) is 80.0 cm³/mol. The van der Waals surface area contributed by atoms with E-state index < -0.39 is 10.0 Å². The zero-order valence-corrected chi connectivity index (χ0v) is 12.8. The monoisotopic (exact) mass is 311 g/mol. The van der Waals surface area contributed by atoms with Gasteiger partial charge in [0, 0.05) is 30.4 Å². The lowest BCUT2D eigenvalue weighted by Gasteiger charge is -2.08. The summed E-state index contributed by atoms with van der Waals surface area (Å²) in [6.07, 6.45) is 3.29. The van der Waals surface area contributed by atoms with Crippen LogP contribution in [0.5, 0.6) is 0 Å². The molecule has 7 heteroatoms. The molecule has 0 aliphatic rings. The van der Waals surface area contributed by atoms with Crippen molar-refractivity contribution >= 4 is 21.4 Å². The van der Waals surface area contributed by atoms with Gasteiger partial charge in [0.2, 0.25) is 10.0 Å². The van der Waals surface area contributed by atoms with Gasteiger partial charge in [-0.05, 0) is 35.7 Å². The summed E-state index contributed by atoms with van der Waals surface area (Å²) in [6, 6.07) is 5.22. The van der Waals surface area contributed by atoms with Crippen LogP contribution >= 0.6 is 11.3 Å². The van der Waals surface area contributed by atoms with Crippen LogP contribution in [-0.4, -0.2) is 19.9 Å². The molecule has 0 saturated heterocycles. The molecule has 2 aromatic heterocycles. The standard InChI is InChI=1S/C13H17N3O2S2/c1-2-14-10-12-13(5-8-19-12)20(17,18)16-9-11-3-6-15-7-4-11/h3-8,14,16H,2,9-10H2,1H3. The number of thiophene rings is 1. The normalized spacial score (nSPS) is 11.7. The fourth-order valence-corrected chi connectivity index (χ4v) is 4.12. The number of aromatic nitrogens is 1.